The van der Waals surface area contributed by atoms with Crippen molar-refractivity contribution in [3.63, 3.8) is 0 Å². The van der Waals surface area contributed by atoms with Crippen molar-refractivity contribution < 1.29 is 48.2 Å². The summed E-state index contributed by atoms with van der Waals surface area (Å²) in [5, 5.41) is 19.4. The molecule has 15 heteroatoms. The van der Waals surface area contributed by atoms with Gasteiger partial charge in [0.1, 0.15) is 24.7 Å². The Morgan fingerprint density at radius 2 is 1.58 bits per heavy atom. The first-order valence-electron chi connectivity index (χ1n) is 15.8. The summed E-state index contributed by atoms with van der Waals surface area (Å²) >= 11 is 0. The van der Waals surface area contributed by atoms with Gasteiger partial charge in [0, 0.05) is 31.5 Å². The number of carboxylic acids is 1. The number of carbonyl (C=O) groups excluding carboxylic acids is 7. The Hall–Kier alpha value is -4.82. The molecule has 1 unspecified atom stereocenters. The van der Waals surface area contributed by atoms with Crippen molar-refractivity contribution in [1.29, 1.82) is 0 Å². The molecular formula is C33H47N5O10. The molecule has 264 valence electrons. The Balaban J connectivity index is 2.02. The predicted molar refractivity (Wildman–Crippen MR) is 173 cm³/mol. The molecule has 1 aromatic rings. The van der Waals surface area contributed by atoms with Crippen LogP contribution < -0.4 is 21.3 Å². The minimum Gasteiger partial charge on any atom is -0.481 e. The van der Waals surface area contributed by atoms with Crippen LogP contribution in [0.5, 0.6) is 0 Å². The Kier molecular flexibility index (Phi) is 14.7. The van der Waals surface area contributed by atoms with Gasteiger partial charge in [0.25, 0.3) is 6.47 Å². The standard InChI is InChI=1S/C33H47N5O10/c1-19(2)15-25(36-26(40)13-14-38-27(41)16-23(32(38)47)33(4,5)6)31(46)34-20(3)29(44)37-24(11-12-28(42)43)30(45)35-22-9-7-21(8-10-22)17-48-18-39/h7-10,18-20,23-25H,11-17H2,1-6H3,(H,34,46)(H,35,45)(H,36,40)(H,37,44)(H,42,43)/t20-,23?,24-,25+/m0/s1. The molecule has 1 aliphatic heterocycles. The van der Waals surface area contributed by atoms with E-state index in [1.54, 1.807) is 24.3 Å². The number of carbonyl (C=O) groups is 8. The lowest BCUT2D eigenvalue weighted by molar-refractivity contribution is -0.141. The molecular weight excluding hydrogens is 626 g/mol. The monoisotopic (exact) mass is 673 g/mol. The summed E-state index contributed by atoms with van der Waals surface area (Å²) in [5.41, 5.74) is 0.609. The zero-order chi connectivity index (χ0) is 36.2. The van der Waals surface area contributed by atoms with E-state index >= 15 is 0 Å². The lowest BCUT2D eigenvalue weighted by Crippen LogP contribution is -2.55. The van der Waals surface area contributed by atoms with Gasteiger partial charge in [-0.2, -0.15) is 0 Å². The molecule has 0 aliphatic carbocycles. The van der Waals surface area contributed by atoms with Gasteiger partial charge in [-0.25, -0.2) is 0 Å². The predicted octanol–water partition coefficient (Wildman–Crippen LogP) is 1.49. The first-order valence-corrected chi connectivity index (χ1v) is 15.8. The SMILES string of the molecule is CC(C)C[C@@H](NC(=O)CCN1C(=O)CC(C(C)(C)C)C1=O)C(=O)N[C@@H](C)C(=O)N[C@@H](CCC(=O)O)C(=O)Nc1ccc(COC=O)cc1. The molecule has 0 spiro atoms. The van der Waals surface area contributed by atoms with Crippen LogP contribution >= 0.6 is 0 Å². The number of aliphatic carboxylic acids is 1. The van der Waals surface area contributed by atoms with E-state index in [1.165, 1.54) is 6.92 Å². The van der Waals surface area contributed by atoms with Crippen LogP contribution in [0.15, 0.2) is 24.3 Å². The molecule has 1 heterocycles. The van der Waals surface area contributed by atoms with Gasteiger partial charge in [0.15, 0.2) is 0 Å². The van der Waals surface area contributed by atoms with Gasteiger partial charge in [-0.1, -0.05) is 46.8 Å². The molecule has 1 aromatic carbocycles. The van der Waals surface area contributed by atoms with Crippen LogP contribution in [-0.2, 0) is 49.7 Å². The van der Waals surface area contributed by atoms with E-state index in [-0.39, 0.29) is 56.6 Å². The highest BCUT2D eigenvalue weighted by Crippen LogP contribution is 2.35. The van der Waals surface area contributed by atoms with Gasteiger partial charge in [-0.3, -0.25) is 43.3 Å². The molecule has 1 aliphatic rings. The van der Waals surface area contributed by atoms with Crippen LogP contribution in [0.2, 0.25) is 0 Å². The highest BCUT2D eigenvalue weighted by atomic mass is 16.5. The van der Waals surface area contributed by atoms with Gasteiger partial charge in [-0.05, 0) is 48.8 Å². The normalized spacial score (nSPS) is 16.5. The zero-order valence-corrected chi connectivity index (χ0v) is 28.3. The van der Waals surface area contributed by atoms with E-state index in [9.17, 15) is 38.4 Å². The van der Waals surface area contributed by atoms with Gasteiger partial charge in [0.05, 0.1) is 5.92 Å². The number of hydrogen-bond donors (Lipinski definition) is 5. The molecule has 1 fully saturated rings. The maximum absolute atomic E-state index is 13.2. The zero-order valence-electron chi connectivity index (χ0n) is 28.3. The van der Waals surface area contributed by atoms with Crippen LogP contribution in [0, 0.1) is 17.3 Å². The third kappa shape index (κ3) is 12.4. The largest absolute Gasteiger partial charge is 0.481 e. The van der Waals surface area contributed by atoms with Crippen molar-refractivity contribution in [1.82, 2.24) is 20.9 Å². The lowest BCUT2D eigenvalue weighted by atomic mass is 9.80. The second kappa shape index (κ2) is 17.9. The topological polar surface area (TPSA) is 217 Å². The van der Waals surface area contributed by atoms with E-state index < -0.39 is 65.5 Å². The highest BCUT2D eigenvalue weighted by Gasteiger charge is 2.44. The number of benzene rings is 1. The number of likely N-dealkylation sites (tertiary alicyclic amines) is 1. The molecule has 0 radical (unpaired) electrons. The summed E-state index contributed by atoms with van der Waals surface area (Å²) in [6.45, 7) is 10.9. The Morgan fingerprint density at radius 3 is 2.12 bits per heavy atom. The van der Waals surface area contributed by atoms with E-state index in [2.05, 4.69) is 26.0 Å². The van der Waals surface area contributed by atoms with Crippen molar-refractivity contribution in [2.45, 2.75) is 98.4 Å². The fourth-order valence-corrected chi connectivity index (χ4v) is 5.03. The fourth-order valence-electron chi connectivity index (χ4n) is 5.03. The van der Waals surface area contributed by atoms with Crippen LogP contribution in [0.25, 0.3) is 0 Å². The van der Waals surface area contributed by atoms with Crippen molar-refractivity contribution in [2.75, 3.05) is 11.9 Å². The Labute approximate surface area is 279 Å². The lowest BCUT2D eigenvalue weighted by Gasteiger charge is -2.25. The molecule has 2 rings (SSSR count). The number of rotatable bonds is 18. The van der Waals surface area contributed by atoms with Gasteiger partial charge in [0.2, 0.25) is 35.4 Å². The van der Waals surface area contributed by atoms with Crippen LogP contribution in [0.4, 0.5) is 5.69 Å². The molecule has 15 nitrogen and oxygen atoms in total. The van der Waals surface area contributed by atoms with E-state index in [4.69, 9.17) is 5.11 Å². The van der Waals surface area contributed by atoms with Crippen molar-refractivity contribution in [2.24, 2.45) is 17.3 Å². The first kappa shape index (κ1) is 39.4. The number of imide groups is 1. The maximum atomic E-state index is 13.2. The third-order valence-corrected chi connectivity index (χ3v) is 7.78. The number of nitrogens with zero attached hydrogens (tertiary/aromatic N) is 1. The van der Waals surface area contributed by atoms with Crippen molar-refractivity contribution in [3.05, 3.63) is 29.8 Å². The average Bonchev–Trinajstić information content (AvgIpc) is 3.29. The number of nitrogens with one attached hydrogen (secondary N) is 4. The summed E-state index contributed by atoms with van der Waals surface area (Å²) in [6.07, 6.45) is -0.558. The minimum absolute atomic E-state index is 0.0322. The van der Waals surface area contributed by atoms with Crippen LogP contribution in [0.3, 0.4) is 0 Å². The molecule has 0 saturated carbocycles. The van der Waals surface area contributed by atoms with Crippen molar-refractivity contribution >= 4 is 53.6 Å². The Bertz CT molecular complexity index is 1360. The number of anilines is 1. The van der Waals surface area contributed by atoms with Crippen LogP contribution in [0.1, 0.15) is 79.2 Å². The second-order valence-electron chi connectivity index (χ2n) is 13.3. The summed E-state index contributed by atoms with van der Waals surface area (Å²) in [4.78, 5) is 100. The fraction of sp³-hybridized carbons (Fsp3) is 0.576. The molecule has 5 N–H and O–H groups in total. The molecule has 0 aromatic heterocycles. The van der Waals surface area contributed by atoms with Crippen molar-refractivity contribution in [3.8, 4) is 0 Å². The molecule has 6 amide bonds. The quantitative estimate of drug-likeness (QED) is 0.112. The number of hydrogen-bond acceptors (Lipinski definition) is 9. The van der Waals surface area contributed by atoms with Gasteiger partial charge in [-0.15, -0.1) is 0 Å². The number of amides is 6. The second-order valence-corrected chi connectivity index (χ2v) is 13.3. The Morgan fingerprint density at radius 1 is 0.938 bits per heavy atom. The molecule has 0 bridgehead atoms. The molecule has 1 saturated heterocycles. The highest BCUT2D eigenvalue weighted by molar-refractivity contribution is 6.04. The summed E-state index contributed by atoms with van der Waals surface area (Å²) < 4.78 is 4.68. The minimum atomic E-state index is -1.26. The van der Waals surface area contributed by atoms with E-state index in [0.717, 1.165) is 4.90 Å². The summed E-state index contributed by atoms with van der Waals surface area (Å²) in [5.74, 6) is -5.02. The van der Waals surface area contributed by atoms with Crippen LogP contribution in [-0.4, -0.2) is 82.6 Å². The molecule has 4 atom stereocenters. The third-order valence-electron chi connectivity index (χ3n) is 7.78. The summed E-state index contributed by atoms with van der Waals surface area (Å²) in [7, 11) is 0. The number of ether oxygens (including phenoxy) is 1. The summed E-state index contributed by atoms with van der Waals surface area (Å²) in [6, 6.07) is 2.86. The van der Waals surface area contributed by atoms with E-state index in [0.29, 0.717) is 17.7 Å². The smallest absolute Gasteiger partial charge is 0.303 e. The van der Waals surface area contributed by atoms with Gasteiger partial charge < -0.3 is 31.1 Å². The van der Waals surface area contributed by atoms with E-state index in [1.807, 2.05) is 34.6 Å². The first-order chi connectivity index (χ1) is 22.4. The van der Waals surface area contributed by atoms with Gasteiger partial charge >= 0.3 is 5.97 Å². The average molecular weight is 674 g/mol. The maximum Gasteiger partial charge on any atom is 0.303 e. The number of carboxylic acid groups (broad SMARTS) is 1. The molecule has 48 heavy (non-hydrogen) atoms.